The Bertz CT molecular complexity index is 538. The Morgan fingerprint density at radius 1 is 1.53 bits per heavy atom. The summed E-state index contributed by atoms with van der Waals surface area (Å²) in [5.74, 6) is 1.69. The van der Waals surface area contributed by atoms with E-state index < -0.39 is 0 Å². The van der Waals surface area contributed by atoms with Crippen LogP contribution in [0.2, 0.25) is 6.55 Å². The molecule has 0 aliphatic carbocycles. The fourth-order valence-corrected chi connectivity index (χ4v) is 3.17. The van der Waals surface area contributed by atoms with Gasteiger partial charge in [-0.15, -0.1) is 0 Å². The highest BCUT2D eigenvalue weighted by Gasteiger charge is 2.39. The molecule has 4 nitrogen and oxygen atoms in total. The molecule has 1 aliphatic rings. The second-order valence-corrected chi connectivity index (χ2v) is 6.23. The fraction of sp³-hybridized carbons (Fsp3) is 0.538. The SMILES string of the molecule is CCC1(C)C(C)=NC(n2ccc(C[Si]C)n2)=C1[O][Al]. The van der Waals surface area contributed by atoms with Crippen LogP contribution < -0.4 is 0 Å². The number of hydrogen-bond acceptors (Lipinski definition) is 3. The Hall–Kier alpha value is -0.831. The molecule has 0 aromatic carbocycles. The topological polar surface area (TPSA) is 39.4 Å². The summed E-state index contributed by atoms with van der Waals surface area (Å²) >= 11 is 2.34. The van der Waals surface area contributed by atoms with E-state index in [9.17, 15) is 0 Å². The van der Waals surface area contributed by atoms with Crippen LogP contribution in [0.25, 0.3) is 5.82 Å². The Morgan fingerprint density at radius 3 is 2.84 bits per heavy atom. The average Bonchev–Trinajstić information content (AvgIpc) is 2.95. The molecule has 0 fully saturated rings. The molecule has 0 amide bonds. The van der Waals surface area contributed by atoms with E-state index in [1.807, 2.05) is 10.9 Å². The zero-order valence-electron chi connectivity index (χ0n) is 11.9. The van der Waals surface area contributed by atoms with Crippen LogP contribution in [0.15, 0.2) is 23.0 Å². The van der Waals surface area contributed by atoms with Gasteiger partial charge in [-0.05, 0) is 32.4 Å². The zero-order valence-corrected chi connectivity index (χ0v) is 14.1. The molecule has 0 saturated heterocycles. The summed E-state index contributed by atoms with van der Waals surface area (Å²) in [5.41, 5.74) is 2.06. The van der Waals surface area contributed by atoms with E-state index in [4.69, 9.17) is 3.79 Å². The van der Waals surface area contributed by atoms with Crippen LogP contribution in [0, 0.1) is 5.41 Å². The number of rotatable bonds is 5. The minimum Gasteiger partial charge on any atom is -0.653 e. The molecule has 1 atom stereocenters. The van der Waals surface area contributed by atoms with Gasteiger partial charge in [0.2, 0.25) is 0 Å². The van der Waals surface area contributed by atoms with Crippen LogP contribution in [0.4, 0.5) is 0 Å². The number of aliphatic imine (C=N–C) groups is 1. The first-order chi connectivity index (χ1) is 9.06. The molecule has 2 rings (SSSR count). The minimum atomic E-state index is -0.129. The molecule has 2 heterocycles. The van der Waals surface area contributed by atoms with Crippen LogP contribution in [0.5, 0.6) is 0 Å². The number of allylic oxidation sites excluding steroid dienone is 1. The summed E-state index contributed by atoms with van der Waals surface area (Å²) in [4.78, 5) is 4.67. The quantitative estimate of drug-likeness (QED) is 0.779. The Kier molecular flexibility index (Phi) is 4.34. The van der Waals surface area contributed by atoms with Gasteiger partial charge in [0, 0.05) is 21.4 Å². The minimum absolute atomic E-state index is 0.129. The predicted octanol–water partition coefficient (Wildman–Crippen LogP) is 2.25. The Labute approximate surface area is 125 Å². The smallest absolute Gasteiger partial charge is 0.481 e. The van der Waals surface area contributed by atoms with Crippen molar-refractivity contribution in [3.63, 3.8) is 0 Å². The summed E-state index contributed by atoms with van der Waals surface area (Å²) in [5, 5.41) is 4.58. The van der Waals surface area contributed by atoms with E-state index in [0.717, 1.165) is 45.0 Å². The lowest BCUT2D eigenvalue weighted by Gasteiger charge is -2.27. The summed E-state index contributed by atoms with van der Waals surface area (Å²) in [6, 6.07) is 3.07. The molecule has 1 aromatic heterocycles. The van der Waals surface area contributed by atoms with Crippen LogP contribution in [-0.2, 0) is 9.83 Å². The molecule has 4 radical (unpaired) electrons. The summed E-state index contributed by atoms with van der Waals surface area (Å²) in [7, 11) is 0.874. The van der Waals surface area contributed by atoms with Gasteiger partial charge < -0.3 is 3.79 Å². The first-order valence-electron chi connectivity index (χ1n) is 6.43. The molecular weight excluding hydrogens is 269 g/mol. The van der Waals surface area contributed by atoms with Crippen molar-refractivity contribution < 1.29 is 3.79 Å². The maximum absolute atomic E-state index is 5.55. The van der Waals surface area contributed by atoms with Crippen LogP contribution in [0.1, 0.15) is 32.9 Å². The van der Waals surface area contributed by atoms with Crippen LogP contribution in [-0.4, -0.2) is 41.6 Å². The number of aromatic nitrogens is 2. The highest BCUT2D eigenvalue weighted by Crippen LogP contribution is 2.41. The van der Waals surface area contributed by atoms with Crippen molar-refractivity contribution >= 4 is 37.7 Å². The van der Waals surface area contributed by atoms with Gasteiger partial charge in [0.25, 0.3) is 0 Å². The largest absolute Gasteiger partial charge is 0.653 e. The van der Waals surface area contributed by atoms with E-state index in [1.54, 1.807) is 0 Å². The van der Waals surface area contributed by atoms with E-state index >= 15 is 0 Å². The van der Waals surface area contributed by atoms with Crippen LogP contribution in [0.3, 0.4) is 0 Å². The Morgan fingerprint density at radius 2 is 2.26 bits per heavy atom. The van der Waals surface area contributed by atoms with Crippen molar-refractivity contribution in [1.82, 2.24) is 9.78 Å². The molecule has 1 unspecified atom stereocenters. The van der Waals surface area contributed by atoms with Gasteiger partial charge in [-0.1, -0.05) is 13.5 Å². The highest BCUT2D eigenvalue weighted by molar-refractivity contribution is 6.32. The maximum Gasteiger partial charge on any atom is 0.481 e. The molecule has 1 aromatic rings. The van der Waals surface area contributed by atoms with Gasteiger partial charge in [-0.25, -0.2) is 9.67 Å². The van der Waals surface area contributed by atoms with Crippen molar-refractivity contribution in [2.45, 2.75) is 39.8 Å². The van der Waals surface area contributed by atoms with Crippen molar-refractivity contribution in [1.29, 1.82) is 0 Å². The zero-order chi connectivity index (χ0) is 14.0. The standard InChI is InChI=1S/C13H19N3OSi.Al/c1-5-13(3)9(2)14-12(11(13)17)16-7-6-10(15-16)8-18-4;/h6-7,17H,5,8H2,1-4H3;/q;+1/p-1. The Balaban J connectivity index is 2.44. The van der Waals surface area contributed by atoms with Crippen LogP contribution >= 0.6 is 0 Å². The van der Waals surface area contributed by atoms with E-state index in [-0.39, 0.29) is 5.41 Å². The van der Waals surface area contributed by atoms with Crippen molar-refractivity contribution in [3.05, 3.63) is 23.7 Å². The van der Waals surface area contributed by atoms with Gasteiger partial charge in [0.1, 0.15) is 5.76 Å². The maximum atomic E-state index is 5.55. The summed E-state index contributed by atoms with van der Waals surface area (Å²) < 4.78 is 7.38. The van der Waals surface area contributed by atoms with Gasteiger partial charge in [-0.2, -0.15) is 5.10 Å². The normalized spacial score (nSPS) is 22.8. The third-order valence-electron chi connectivity index (χ3n) is 3.82. The highest BCUT2D eigenvalue weighted by atomic mass is 28.2. The molecule has 0 saturated carbocycles. The summed E-state index contributed by atoms with van der Waals surface area (Å²) in [6.45, 7) is 8.55. The van der Waals surface area contributed by atoms with Gasteiger partial charge >= 0.3 is 16.6 Å². The second kappa shape index (κ2) is 5.66. The lowest BCUT2D eigenvalue weighted by molar-refractivity contribution is 0.339. The summed E-state index contributed by atoms with van der Waals surface area (Å²) in [6.07, 6.45) is 2.92. The number of hydrogen-bond donors (Lipinski definition) is 0. The second-order valence-electron chi connectivity index (χ2n) is 4.94. The molecule has 6 heteroatoms. The van der Waals surface area contributed by atoms with E-state index in [2.05, 4.69) is 60.1 Å². The molecule has 0 bridgehead atoms. The van der Waals surface area contributed by atoms with Gasteiger partial charge in [0.05, 0.1) is 11.1 Å². The van der Waals surface area contributed by atoms with Gasteiger partial charge in [-0.3, -0.25) is 0 Å². The predicted molar refractivity (Wildman–Crippen MR) is 79.1 cm³/mol. The van der Waals surface area contributed by atoms with Crippen molar-refractivity contribution in [3.8, 4) is 0 Å². The average molecular weight is 287 g/mol. The number of nitrogens with zero attached hydrogens (tertiary/aromatic N) is 3. The van der Waals surface area contributed by atoms with Gasteiger partial charge in [0.15, 0.2) is 5.82 Å². The molecule has 1 aliphatic heterocycles. The molecule has 98 valence electrons. The fourth-order valence-electron chi connectivity index (χ4n) is 2.25. The van der Waals surface area contributed by atoms with E-state index in [0.29, 0.717) is 0 Å². The molecule has 19 heavy (non-hydrogen) atoms. The van der Waals surface area contributed by atoms with Crippen molar-refractivity contribution in [2.75, 3.05) is 0 Å². The lowest BCUT2D eigenvalue weighted by Crippen LogP contribution is -2.25. The molecular formula is C13H18AlN3OSi. The third-order valence-corrected chi connectivity index (χ3v) is 4.77. The first kappa shape index (κ1) is 14.6. The monoisotopic (exact) mass is 287 g/mol. The first-order valence-corrected chi connectivity index (χ1v) is 8.61. The van der Waals surface area contributed by atoms with E-state index in [1.165, 1.54) is 0 Å². The molecule has 0 spiro atoms. The molecule has 0 N–H and O–H groups in total. The third kappa shape index (κ3) is 2.45. The lowest BCUT2D eigenvalue weighted by atomic mass is 9.82. The van der Waals surface area contributed by atoms with Crippen molar-refractivity contribution in [2.24, 2.45) is 10.4 Å².